The number of rotatable bonds is 3. The van der Waals surface area contributed by atoms with Crippen LogP contribution in [0.5, 0.6) is 0 Å². The van der Waals surface area contributed by atoms with Crippen LogP contribution in [0, 0.1) is 5.92 Å². The fourth-order valence-electron chi connectivity index (χ4n) is 7.94. The van der Waals surface area contributed by atoms with Gasteiger partial charge in [-0.15, -0.1) is 0 Å². The highest BCUT2D eigenvalue weighted by Gasteiger charge is 2.79. The van der Waals surface area contributed by atoms with Crippen LogP contribution in [0.2, 0.25) is 0 Å². The molecule has 0 aromatic heterocycles. The summed E-state index contributed by atoms with van der Waals surface area (Å²) >= 11 is 0. The van der Waals surface area contributed by atoms with Gasteiger partial charge in [0.15, 0.2) is 0 Å². The number of nitrogens with zero attached hydrogens (tertiary/aromatic N) is 3. The molecule has 0 N–H and O–H groups in total. The van der Waals surface area contributed by atoms with Crippen LogP contribution in [-0.2, 0) is 16.6 Å². The van der Waals surface area contributed by atoms with Crippen LogP contribution < -0.4 is 0 Å². The van der Waals surface area contributed by atoms with E-state index in [0.717, 1.165) is 0 Å². The van der Waals surface area contributed by atoms with Crippen LogP contribution in [0.1, 0.15) is 33.4 Å². The van der Waals surface area contributed by atoms with Crippen LogP contribution in [0.3, 0.4) is 0 Å². The van der Waals surface area contributed by atoms with E-state index in [2.05, 4.69) is 130 Å². The molecule has 0 amide bonds. The Labute approximate surface area is 185 Å². The minimum Gasteiger partial charge on any atom is -0.296 e. The average Bonchev–Trinajstić information content (AvgIpc) is 3.31. The summed E-state index contributed by atoms with van der Waals surface area (Å²) in [6.07, 6.45) is 0. The van der Waals surface area contributed by atoms with Crippen molar-refractivity contribution < 1.29 is 0 Å². The predicted octanol–water partition coefficient (Wildman–Crippen LogP) is 4.06. The molecule has 3 aromatic carbocycles. The molecule has 3 nitrogen and oxygen atoms in total. The number of fused-ring (bicyclic) bond motifs is 9. The fraction of sp³-hybridized carbons (Fsp3) is 0.357. The Morgan fingerprint density at radius 2 is 0.613 bits per heavy atom. The Morgan fingerprint density at radius 3 is 0.774 bits per heavy atom. The lowest BCUT2D eigenvalue weighted by atomic mass is 9.71. The third-order valence-electron chi connectivity index (χ3n) is 8.61. The van der Waals surface area contributed by atoms with E-state index in [9.17, 15) is 0 Å². The standard InChI is InChI=1S/C28H31N3/c1-29(2)26-19-13-7-9-15-21(19)27(30(3)4)23-17-11-12-18-24(23)28(25(26)27,31(5)6)22-16-10-8-14-20(22)26/h7-18,25H,1-6H3. The largest absolute Gasteiger partial charge is 0.296 e. The first-order chi connectivity index (χ1) is 14.9. The zero-order valence-electron chi connectivity index (χ0n) is 19.3. The molecule has 0 heterocycles. The predicted molar refractivity (Wildman–Crippen MR) is 126 cm³/mol. The van der Waals surface area contributed by atoms with Gasteiger partial charge in [0.25, 0.3) is 0 Å². The van der Waals surface area contributed by atoms with Gasteiger partial charge in [-0.05, 0) is 75.7 Å². The van der Waals surface area contributed by atoms with Crippen LogP contribution in [0.25, 0.3) is 0 Å². The maximum absolute atomic E-state index is 2.50. The van der Waals surface area contributed by atoms with E-state index in [0.29, 0.717) is 5.92 Å². The Kier molecular flexibility index (Phi) is 3.64. The van der Waals surface area contributed by atoms with E-state index in [1.54, 1.807) is 0 Å². The zero-order chi connectivity index (χ0) is 21.8. The van der Waals surface area contributed by atoms with Gasteiger partial charge in [-0.3, -0.25) is 14.7 Å². The maximum atomic E-state index is 2.50. The smallest absolute Gasteiger partial charge is 0.0795 e. The van der Waals surface area contributed by atoms with Gasteiger partial charge in [0, 0.05) is 5.92 Å². The molecule has 0 aliphatic heterocycles. The third-order valence-corrected chi connectivity index (χ3v) is 8.61. The molecule has 6 rings (SSSR count). The Balaban J connectivity index is 1.93. The summed E-state index contributed by atoms with van der Waals surface area (Å²) in [5.74, 6) is 0.291. The quantitative estimate of drug-likeness (QED) is 0.646. The summed E-state index contributed by atoms with van der Waals surface area (Å²) in [4.78, 5) is 7.49. The van der Waals surface area contributed by atoms with Crippen LogP contribution in [0.15, 0.2) is 72.8 Å². The molecule has 0 radical (unpaired) electrons. The molecular formula is C28H31N3. The highest BCUT2D eigenvalue weighted by atomic mass is 15.3. The summed E-state index contributed by atoms with van der Waals surface area (Å²) in [5, 5.41) is 0. The molecule has 0 spiro atoms. The molecule has 3 heteroatoms. The van der Waals surface area contributed by atoms with Crippen molar-refractivity contribution in [3.63, 3.8) is 0 Å². The minimum absolute atomic E-state index is 0.208. The molecule has 0 fully saturated rings. The SMILES string of the molecule is CN(C)C12c3ccccc3C3(N(C)C)c4ccccc4C(N(C)C)(c4ccccc41)C23. The van der Waals surface area contributed by atoms with Crippen LogP contribution >= 0.6 is 0 Å². The lowest BCUT2D eigenvalue weighted by molar-refractivity contribution is -0.0145. The average molecular weight is 410 g/mol. The van der Waals surface area contributed by atoms with Crippen LogP contribution in [-0.4, -0.2) is 57.0 Å². The Morgan fingerprint density at radius 1 is 0.419 bits per heavy atom. The van der Waals surface area contributed by atoms with E-state index < -0.39 is 0 Å². The Bertz CT molecular complexity index is 986. The summed E-state index contributed by atoms with van der Waals surface area (Å²) in [6.45, 7) is 0. The summed E-state index contributed by atoms with van der Waals surface area (Å²) < 4.78 is 0. The third kappa shape index (κ3) is 1.71. The van der Waals surface area contributed by atoms with Crippen molar-refractivity contribution in [1.82, 2.24) is 14.7 Å². The van der Waals surface area contributed by atoms with E-state index in [4.69, 9.17) is 0 Å². The first-order valence-corrected chi connectivity index (χ1v) is 11.2. The second-order valence-electron chi connectivity index (χ2n) is 10.1. The monoisotopic (exact) mass is 409 g/mol. The normalized spacial score (nSPS) is 31.8. The van der Waals surface area contributed by atoms with Gasteiger partial charge in [-0.2, -0.15) is 0 Å². The second-order valence-corrected chi connectivity index (χ2v) is 10.1. The second kappa shape index (κ2) is 5.86. The molecule has 0 atom stereocenters. The summed E-state index contributed by atoms with van der Waals surface area (Å²) in [6, 6.07) is 27.6. The summed E-state index contributed by atoms with van der Waals surface area (Å²) in [5.41, 5.74) is 8.07. The van der Waals surface area contributed by atoms with Gasteiger partial charge < -0.3 is 0 Å². The molecule has 3 aromatic rings. The molecule has 158 valence electrons. The van der Waals surface area contributed by atoms with Crippen molar-refractivity contribution in [1.29, 1.82) is 0 Å². The van der Waals surface area contributed by atoms with Crippen molar-refractivity contribution in [2.75, 3.05) is 42.3 Å². The fourth-order valence-corrected chi connectivity index (χ4v) is 7.94. The van der Waals surface area contributed by atoms with Gasteiger partial charge in [-0.25, -0.2) is 0 Å². The lowest BCUT2D eigenvalue weighted by Crippen LogP contribution is -2.58. The van der Waals surface area contributed by atoms with E-state index in [1.165, 1.54) is 33.4 Å². The Hall–Kier alpha value is -2.46. The van der Waals surface area contributed by atoms with E-state index in [1.807, 2.05) is 0 Å². The number of hydrogen-bond donors (Lipinski definition) is 0. The van der Waals surface area contributed by atoms with Crippen LogP contribution in [0.4, 0.5) is 0 Å². The topological polar surface area (TPSA) is 9.72 Å². The molecule has 0 bridgehead atoms. The molecule has 3 aliphatic rings. The van der Waals surface area contributed by atoms with E-state index in [-0.39, 0.29) is 16.6 Å². The van der Waals surface area contributed by atoms with Gasteiger partial charge in [0.1, 0.15) is 0 Å². The minimum atomic E-state index is -0.208. The van der Waals surface area contributed by atoms with Gasteiger partial charge in [0.2, 0.25) is 0 Å². The number of hydrogen-bond acceptors (Lipinski definition) is 3. The first kappa shape index (κ1) is 19.2. The molecule has 0 unspecified atom stereocenters. The van der Waals surface area contributed by atoms with Crippen molar-refractivity contribution in [3.8, 4) is 0 Å². The van der Waals surface area contributed by atoms with E-state index >= 15 is 0 Å². The molecular weight excluding hydrogens is 378 g/mol. The number of benzene rings is 3. The van der Waals surface area contributed by atoms with Gasteiger partial charge in [-0.1, -0.05) is 72.8 Å². The zero-order valence-corrected chi connectivity index (χ0v) is 19.3. The highest BCUT2D eigenvalue weighted by molar-refractivity contribution is 5.73. The van der Waals surface area contributed by atoms with Crippen molar-refractivity contribution in [3.05, 3.63) is 106 Å². The van der Waals surface area contributed by atoms with Crippen molar-refractivity contribution in [2.24, 2.45) is 5.92 Å². The molecule has 31 heavy (non-hydrogen) atoms. The summed E-state index contributed by atoms with van der Waals surface area (Å²) in [7, 11) is 13.6. The lowest BCUT2D eigenvalue weighted by Gasteiger charge is -2.49. The first-order valence-electron chi connectivity index (χ1n) is 11.2. The maximum Gasteiger partial charge on any atom is 0.0795 e. The van der Waals surface area contributed by atoms with Crippen molar-refractivity contribution in [2.45, 2.75) is 16.6 Å². The molecule has 0 saturated carbocycles. The molecule has 3 aliphatic carbocycles. The van der Waals surface area contributed by atoms with Gasteiger partial charge >= 0.3 is 0 Å². The van der Waals surface area contributed by atoms with Crippen molar-refractivity contribution >= 4 is 0 Å². The van der Waals surface area contributed by atoms with Gasteiger partial charge in [0.05, 0.1) is 16.6 Å². The molecule has 0 saturated heterocycles. The highest BCUT2D eigenvalue weighted by Crippen LogP contribution is 2.76.